The van der Waals surface area contributed by atoms with Crippen molar-refractivity contribution < 1.29 is 22.7 Å². The Hall–Kier alpha value is -1.36. The molecular formula is C14H17F3O2. The van der Waals surface area contributed by atoms with Crippen LogP contribution >= 0.6 is 0 Å². The van der Waals surface area contributed by atoms with Crippen molar-refractivity contribution in [1.82, 2.24) is 0 Å². The third kappa shape index (κ3) is 5.03. The van der Waals surface area contributed by atoms with Crippen molar-refractivity contribution >= 4 is 5.78 Å². The van der Waals surface area contributed by atoms with Crippen LogP contribution in [-0.2, 0) is 4.74 Å². The number of ether oxygens (including phenoxy) is 1. The molecule has 19 heavy (non-hydrogen) atoms. The number of halogens is 3. The second kappa shape index (κ2) is 6.19. The zero-order chi connectivity index (χ0) is 14.6. The Morgan fingerprint density at radius 1 is 1.16 bits per heavy atom. The van der Waals surface area contributed by atoms with Crippen molar-refractivity contribution in [2.24, 2.45) is 0 Å². The molecule has 0 aliphatic carbocycles. The number of carbonyl (C=O) groups excluding carboxylic acids is 1. The largest absolute Gasteiger partial charge is 0.411 e. The fourth-order valence-electron chi connectivity index (χ4n) is 2.10. The van der Waals surface area contributed by atoms with Crippen LogP contribution in [0.1, 0.15) is 33.5 Å². The van der Waals surface area contributed by atoms with Crippen LogP contribution in [0.5, 0.6) is 0 Å². The van der Waals surface area contributed by atoms with Crippen molar-refractivity contribution in [2.75, 3.05) is 13.2 Å². The third-order valence-electron chi connectivity index (χ3n) is 2.70. The molecule has 0 fully saturated rings. The Morgan fingerprint density at radius 3 is 2.16 bits per heavy atom. The maximum atomic E-state index is 12.0. The molecule has 1 rings (SSSR count). The van der Waals surface area contributed by atoms with E-state index in [0.717, 1.165) is 16.7 Å². The van der Waals surface area contributed by atoms with Crippen LogP contribution in [0.25, 0.3) is 0 Å². The van der Waals surface area contributed by atoms with E-state index in [9.17, 15) is 18.0 Å². The molecule has 0 radical (unpaired) electrons. The number of rotatable bonds is 5. The van der Waals surface area contributed by atoms with E-state index in [4.69, 9.17) is 0 Å². The van der Waals surface area contributed by atoms with Gasteiger partial charge in [-0.25, -0.2) is 0 Å². The number of alkyl halides is 3. The van der Waals surface area contributed by atoms with Gasteiger partial charge in [0.2, 0.25) is 0 Å². The Bertz CT molecular complexity index is 441. The number of hydrogen-bond acceptors (Lipinski definition) is 2. The van der Waals surface area contributed by atoms with E-state index >= 15 is 0 Å². The second-order valence-corrected chi connectivity index (χ2v) is 4.61. The minimum atomic E-state index is -4.35. The van der Waals surface area contributed by atoms with Crippen LogP contribution in [0.15, 0.2) is 12.1 Å². The molecule has 0 heterocycles. The lowest BCUT2D eigenvalue weighted by atomic mass is 9.95. The zero-order valence-corrected chi connectivity index (χ0v) is 11.2. The predicted octanol–water partition coefficient (Wildman–Crippen LogP) is 3.76. The third-order valence-corrected chi connectivity index (χ3v) is 2.70. The molecule has 5 heteroatoms. The van der Waals surface area contributed by atoms with E-state index in [1.165, 1.54) is 0 Å². The molecule has 0 spiro atoms. The minimum absolute atomic E-state index is 0.0409. The van der Waals surface area contributed by atoms with Crippen LogP contribution in [0.3, 0.4) is 0 Å². The molecule has 0 bridgehead atoms. The fourth-order valence-corrected chi connectivity index (χ4v) is 2.10. The van der Waals surface area contributed by atoms with E-state index in [1.54, 1.807) is 0 Å². The summed E-state index contributed by atoms with van der Waals surface area (Å²) in [6.07, 6.45) is -4.39. The van der Waals surface area contributed by atoms with E-state index in [0.29, 0.717) is 5.56 Å². The van der Waals surface area contributed by atoms with Gasteiger partial charge in [-0.1, -0.05) is 17.7 Å². The van der Waals surface area contributed by atoms with Crippen molar-refractivity contribution in [3.63, 3.8) is 0 Å². The number of benzene rings is 1. The molecule has 0 atom stereocenters. The Balaban J connectivity index is 2.60. The van der Waals surface area contributed by atoms with E-state index in [-0.39, 0.29) is 18.8 Å². The predicted molar refractivity (Wildman–Crippen MR) is 66.5 cm³/mol. The summed E-state index contributed by atoms with van der Waals surface area (Å²) < 4.78 is 40.0. The van der Waals surface area contributed by atoms with Crippen LogP contribution in [0.2, 0.25) is 0 Å². The normalized spacial score (nSPS) is 11.7. The van der Waals surface area contributed by atoms with Gasteiger partial charge in [0.05, 0.1) is 6.61 Å². The summed E-state index contributed by atoms with van der Waals surface area (Å²) in [5.41, 5.74) is 3.33. The molecular weight excluding hydrogens is 257 g/mol. The summed E-state index contributed by atoms with van der Waals surface area (Å²) in [7, 11) is 0. The van der Waals surface area contributed by atoms with Gasteiger partial charge in [0.25, 0.3) is 0 Å². The number of hydrogen-bond donors (Lipinski definition) is 0. The smallest absolute Gasteiger partial charge is 0.372 e. The van der Waals surface area contributed by atoms with E-state index in [1.807, 2.05) is 32.9 Å². The first kappa shape index (κ1) is 15.7. The minimum Gasteiger partial charge on any atom is -0.372 e. The number of Topliss-reactive ketones (excluding diaryl/α,β-unsaturated/α-hetero) is 1. The summed E-state index contributed by atoms with van der Waals surface area (Å²) in [5, 5.41) is 0. The van der Waals surface area contributed by atoms with E-state index < -0.39 is 12.8 Å². The lowest BCUT2D eigenvalue weighted by Crippen LogP contribution is -2.18. The van der Waals surface area contributed by atoms with Gasteiger partial charge in [0.15, 0.2) is 5.78 Å². The molecule has 0 aliphatic rings. The quantitative estimate of drug-likeness (QED) is 0.603. The highest BCUT2D eigenvalue weighted by atomic mass is 19.4. The van der Waals surface area contributed by atoms with Crippen LogP contribution in [0, 0.1) is 20.8 Å². The lowest BCUT2D eigenvalue weighted by Gasteiger charge is -2.11. The van der Waals surface area contributed by atoms with Gasteiger partial charge in [0, 0.05) is 12.0 Å². The average molecular weight is 274 g/mol. The monoisotopic (exact) mass is 274 g/mol. The maximum absolute atomic E-state index is 12.0. The molecule has 0 amide bonds. The molecule has 0 saturated carbocycles. The highest BCUT2D eigenvalue weighted by Gasteiger charge is 2.27. The molecule has 0 aromatic heterocycles. The molecule has 0 saturated heterocycles. The lowest BCUT2D eigenvalue weighted by molar-refractivity contribution is -0.173. The summed E-state index contributed by atoms with van der Waals surface area (Å²) in [4.78, 5) is 12.0. The summed E-state index contributed by atoms with van der Waals surface area (Å²) in [6, 6.07) is 3.77. The summed E-state index contributed by atoms with van der Waals surface area (Å²) in [6.45, 7) is 4.05. The van der Waals surface area contributed by atoms with E-state index in [2.05, 4.69) is 4.74 Å². The van der Waals surface area contributed by atoms with Gasteiger partial charge in [-0.15, -0.1) is 0 Å². The fraction of sp³-hybridized carbons (Fsp3) is 0.500. The Kier molecular flexibility index (Phi) is 5.11. The molecule has 1 aromatic rings. The highest BCUT2D eigenvalue weighted by molar-refractivity contribution is 5.98. The van der Waals surface area contributed by atoms with Crippen molar-refractivity contribution in [1.29, 1.82) is 0 Å². The Labute approximate surface area is 110 Å². The van der Waals surface area contributed by atoms with Gasteiger partial charge in [0.1, 0.15) is 6.61 Å². The van der Waals surface area contributed by atoms with Crippen LogP contribution in [-0.4, -0.2) is 25.2 Å². The summed E-state index contributed by atoms with van der Waals surface area (Å²) >= 11 is 0. The standard InChI is InChI=1S/C14H17F3O2/c1-9-6-10(2)13(11(3)7-9)12(18)4-5-19-8-14(15,16)17/h6-7H,4-5,8H2,1-3H3. The number of carbonyl (C=O) groups is 1. The first-order valence-corrected chi connectivity index (χ1v) is 5.96. The van der Waals surface area contributed by atoms with Gasteiger partial charge < -0.3 is 4.74 Å². The second-order valence-electron chi connectivity index (χ2n) is 4.61. The van der Waals surface area contributed by atoms with Crippen molar-refractivity contribution in [3.05, 3.63) is 34.4 Å². The summed E-state index contributed by atoms with van der Waals surface area (Å²) in [5.74, 6) is -0.183. The number of aryl methyl sites for hydroxylation is 3. The average Bonchev–Trinajstić information content (AvgIpc) is 2.21. The van der Waals surface area contributed by atoms with Crippen LogP contribution in [0.4, 0.5) is 13.2 Å². The van der Waals surface area contributed by atoms with Gasteiger partial charge in [-0.05, 0) is 31.9 Å². The first-order valence-electron chi connectivity index (χ1n) is 5.96. The van der Waals surface area contributed by atoms with Crippen LogP contribution < -0.4 is 0 Å². The molecule has 0 N–H and O–H groups in total. The molecule has 106 valence electrons. The number of ketones is 1. The van der Waals surface area contributed by atoms with Gasteiger partial charge in [-0.2, -0.15) is 13.2 Å². The van der Waals surface area contributed by atoms with Gasteiger partial charge >= 0.3 is 6.18 Å². The van der Waals surface area contributed by atoms with Gasteiger partial charge in [-0.3, -0.25) is 4.79 Å². The highest BCUT2D eigenvalue weighted by Crippen LogP contribution is 2.19. The SMILES string of the molecule is Cc1cc(C)c(C(=O)CCOCC(F)(F)F)c(C)c1. The molecule has 0 aliphatic heterocycles. The molecule has 1 aromatic carbocycles. The van der Waals surface area contributed by atoms with Crippen molar-refractivity contribution in [2.45, 2.75) is 33.4 Å². The molecule has 0 unspecified atom stereocenters. The van der Waals surface area contributed by atoms with Crippen molar-refractivity contribution in [3.8, 4) is 0 Å². The first-order chi connectivity index (χ1) is 8.70. The molecule has 2 nitrogen and oxygen atoms in total. The maximum Gasteiger partial charge on any atom is 0.411 e. The topological polar surface area (TPSA) is 26.3 Å². The zero-order valence-electron chi connectivity index (χ0n) is 11.2. The Morgan fingerprint density at radius 2 is 1.68 bits per heavy atom.